The molecule has 4 aliphatic heterocycles. The van der Waals surface area contributed by atoms with Crippen LogP contribution in [0.25, 0.3) is 0 Å². The molecule has 0 spiro atoms. The quantitative estimate of drug-likeness (QED) is 0.0778. The summed E-state index contributed by atoms with van der Waals surface area (Å²) in [7, 11) is 0. The molecule has 15 N–H and O–H groups in total. The van der Waals surface area contributed by atoms with Crippen LogP contribution in [0.15, 0.2) is 0 Å². The van der Waals surface area contributed by atoms with Crippen molar-refractivity contribution in [2.24, 2.45) is 0 Å². The predicted molar refractivity (Wildman–Crippen MR) is 164 cm³/mol. The van der Waals surface area contributed by atoms with Gasteiger partial charge >= 0.3 is 0 Å². The molecule has 0 bridgehead atoms. The summed E-state index contributed by atoms with van der Waals surface area (Å²) >= 11 is 0. The van der Waals surface area contributed by atoms with E-state index in [0.29, 0.717) is 0 Å². The smallest absolute Gasteiger partial charge is 0.187 e. The standard InChI is InChI=1S/C30H54O23/c1-7-13(35)19(41)21(43)27(46-7)53-26-20(42)14(36)8(2)48-30(26)52-24-15(37)9(3)47-28(22(24)44)51-25-18(40)12(6-33)50-29(23(25)45)49-11(5-32)17(39)16(38)10(34)4-31/h7-45H,4-6H2,1-3H3/t7-,8-,9-,10+,11+,12+,13-,14-,15-,16+,17+,18+,19+,20+,21+,22+,23-,24+,25-,26+,27-,28-,29-,30-/m0/s1. The fourth-order valence-electron chi connectivity index (χ4n) is 6.40. The van der Waals surface area contributed by atoms with Gasteiger partial charge in [-0.25, -0.2) is 0 Å². The average Bonchev–Trinajstić information content (AvgIpc) is 3.14. The highest BCUT2D eigenvalue weighted by Crippen LogP contribution is 2.35. The van der Waals surface area contributed by atoms with Gasteiger partial charge in [-0.1, -0.05) is 0 Å². The first-order valence-corrected chi connectivity index (χ1v) is 17.1. The fourth-order valence-corrected chi connectivity index (χ4v) is 6.40. The van der Waals surface area contributed by atoms with E-state index < -0.39 is 167 Å². The van der Waals surface area contributed by atoms with Crippen LogP contribution in [0.3, 0.4) is 0 Å². The van der Waals surface area contributed by atoms with Gasteiger partial charge in [-0.2, -0.15) is 0 Å². The molecule has 4 fully saturated rings. The average molecular weight is 783 g/mol. The van der Waals surface area contributed by atoms with E-state index in [2.05, 4.69) is 0 Å². The van der Waals surface area contributed by atoms with Crippen molar-refractivity contribution >= 4 is 0 Å². The van der Waals surface area contributed by atoms with Crippen molar-refractivity contribution in [1.82, 2.24) is 0 Å². The SMILES string of the molecule is C[C@@H]1O[C@@H](O[C@H]2[C@H](O[C@@H]3[C@@H](O)[C@H](C)O[C@@H](O[C@@H]4[C@H](O)[C@@H](O[C@H](CO)[C@@H](O)[C@H](O)[C@H](O)CO)O[C@H](CO)[C@H]4O)[C@@H]3O)O[C@@H](C)[C@H](O)[C@H]2O)[C@H](O)[C@H](O)[C@H]1O. The van der Waals surface area contributed by atoms with Gasteiger partial charge in [-0.15, -0.1) is 0 Å². The molecule has 0 aromatic rings. The van der Waals surface area contributed by atoms with Gasteiger partial charge in [0.25, 0.3) is 0 Å². The van der Waals surface area contributed by atoms with Crippen LogP contribution >= 0.6 is 0 Å². The van der Waals surface area contributed by atoms with Crippen LogP contribution in [0.1, 0.15) is 20.8 Å². The second-order valence-corrected chi connectivity index (χ2v) is 13.7. The van der Waals surface area contributed by atoms with Crippen molar-refractivity contribution in [1.29, 1.82) is 0 Å². The Morgan fingerprint density at radius 2 is 0.925 bits per heavy atom. The Morgan fingerprint density at radius 3 is 1.49 bits per heavy atom. The molecule has 0 aromatic heterocycles. The number of rotatable bonds is 14. The molecule has 53 heavy (non-hydrogen) atoms. The van der Waals surface area contributed by atoms with Crippen molar-refractivity contribution in [3.05, 3.63) is 0 Å². The Bertz CT molecular complexity index is 1110. The van der Waals surface area contributed by atoms with E-state index >= 15 is 0 Å². The van der Waals surface area contributed by atoms with Gasteiger partial charge in [-0.3, -0.25) is 0 Å². The fraction of sp³-hybridized carbons (Fsp3) is 1.00. The number of hydrogen-bond acceptors (Lipinski definition) is 23. The van der Waals surface area contributed by atoms with Crippen LogP contribution in [0.5, 0.6) is 0 Å². The largest absolute Gasteiger partial charge is 0.394 e. The zero-order valence-corrected chi connectivity index (χ0v) is 29.0. The van der Waals surface area contributed by atoms with Gasteiger partial charge in [0.15, 0.2) is 25.2 Å². The highest BCUT2D eigenvalue weighted by molar-refractivity contribution is 4.97. The highest BCUT2D eigenvalue weighted by atomic mass is 16.8. The van der Waals surface area contributed by atoms with Crippen molar-refractivity contribution in [2.45, 2.75) is 168 Å². The second-order valence-electron chi connectivity index (χ2n) is 13.7. The lowest BCUT2D eigenvalue weighted by atomic mass is 9.96. The summed E-state index contributed by atoms with van der Waals surface area (Å²) in [5.74, 6) is 0. The van der Waals surface area contributed by atoms with Gasteiger partial charge in [0, 0.05) is 0 Å². The van der Waals surface area contributed by atoms with Gasteiger partial charge in [0.2, 0.25) is 0 Å². The molecule has 4 aliphatic rings. The molecule has 23 heteroatoms. The van der Waals surface area contributed by atoms with Crippen LogP contribution in [0.2, 0.25) is 0 Å². The van der Waals surface area contributed by atoms with Crippen molar-refractivity contribution in [2.75, 3.05) is 19.8 Å². The van der Waals surface area contributed by atoms with Crippen LogP contribution in [0, 0.1) is 0 Å². The lowest BCUT2D eigenvalue weighted by Crippen LogP contribution is -2.67. The molecule has 0 aromatic carbocycles. The third-order valence-electron chi connectivity index (χ3n) is 9.87. The summed E-state index contributed by atoms with van der Waals surface area (Å²) in [6, 6.07) is 0. The Hall–Kier alpha value is -0.920. The highest BCUT2D eigenvalue weighted by Gasteiger charge is 2.55. The van der Waals surface area contributed by atoms with Gasteiger partial charge in [0.1, 0.15) is 104 Å². The minimum Gasteiger partial charge on any atom is -0.394 e. The Labute approximate surface area is 302 Å². The van der Waals surface area contributed by atoms with Crippen LogP contribution in [0.4, 0.5) is 0 Å². The lowest BCUT2D eigenvalue weighted by Gasteiger charge is -2.49. The molecule has 0 radical (unpaired) electrons. The topological polar surface area (TPSA) is 377 Å². The van der Waals surface area contributed by atoms with Crippen molar-refractivity contribution in [3.8, 4) is 0 Å². The summed E-state index contributed by atoms with van der Waals surface area (Å²) in [4.78, 5) is 0. The molecule has 0 amide bonds. The third kappa shape index (κ3) is 9.62. The van der Waals surface area contributed by atoms with E-state index in [1.807, 2.05) is 0 Å². The predicted octanol–water partition coefficient (Wildman–Crippen LogP) is -9.21. The molecule has 23 nitrogen and oxygen atoms in total. The first-order valence-electron chi connectivity index (χ1n) is 17.1. The molecule has 4 saturated heterocycles. The van der Waals surface area contributed by atoms with Gasteiger partial charge in [-0.05, 0) is 20.8 Å². The third-order valence-corrected chi connectivity index (χ3v) is 9.87. The monoisotopic (exact) mass is 782 g/mol. The zero-order chi connectivity index (χ0) is 39.6. The van der Waals surface area contributed by atoms with E-state index in [-0.39, 0.29) is 0 Å². The minimum absolute atomic E-state index is 0.901. The normalized spacial score (nSPS) is 49.2. The Balaban J connectivity index is 1.53. The summed E-state index contributed by atoms with van der Waals surface area (Å²) in [6.45, 7) is 1.17. The van der Waals surface area contributed by atoms with E-state index in [0.717, 1.165) is 0 Å². The molecule has 312 valence electrons. The summed E-state index contributed by atoms with van der Waals surface area (Å²) in [5, 5.41) is 156. The van der Waals surface area contributed by atoms with E-state index in [1.165, 1.54) is 20.8 Å². The summed E-state index contributed by atoms with van der Waals surface area (Å²) in [6.07, 6.45) is -41.2. The molecule has 4 rings (SSSR count). The summed E-state index contributed by atoms with van der Waals surface area (Å²) < 4.78 is 44.9. The Kier molecular flexibility index (Phi) is 16.1. The number of ether oxygens (including phenoxy) is 8. The van der Waals surface area contributed by atoms with Gasteiger partial charge in [0.05, 0.1) is 38.1 Å². The van der Waals surface area contributed by atoms with Crippen LogP contribution < -0.4 is 0 Å². The maximum atomic E-state index is 11.4. The number of aliphatic hydroxyl groups excluding tert-OH is 15. The first kappa shape index (κ1) is 44.8. The van der Waals surface area contributed by atoms with Gasteiger partial charge < -0.3 is 114 Å². The van der Waals surface area contributed by atoms with Crippen molar-refractivity contribution in [3.63, 3.8) is 0 Å². The van der Waals surface area contributed by atoms with E-state index in [9.17, 15) is 71.5 Å². The lowest BCUT2D eigenvalue weighted by molar-refractivity contribution is -0.393. The maximum absolute atomic E-state index is 11.4. The molecule has 0 aliphatic carbocycles. The van der Waals surface area contributed by atoms with Crippen LogP contribution in [-0.4, -0.2) is 244 Å². The van der Waals surface area contributed by atoms with Crippen LogP contribution in [-0.2, 0) is 37.9 Å². The molecular formula is C30H54O23. The number of aliphatic hydroxyl groups is 15. The van der Waals surface area contributed by atoms with Crippen molar-refractivity contribution < 1.29 is 114 Å². The molecule has 0 unspecified atom stereocenters. The summed E-state index contributed by atoms with van der Waals surface area (Å²) in [5.41, 5.74) is 0. The molecule has 4 heterocycles. The first-order chi connectivity index (χ1) is 24.9. The minimum atomic E-state index is -2.05. The maximum Gasteiger partial charge on any atom is 0.187 e. The Morgan fingerprint density at radius 1 is 0.453 bits per heavy atom. The second kappa shape index (κ2) is 19.0. The molecule has 0 saturated carbocycles. The molecular weight excluding hydrogens is 728 g/mol. The number of hydrogen-bond donors (Lipinski definition) is 15. The van der Waals surface area contributed by atoms with E-state index in [1.54, 1.807) is 0 Å². The molecule has 24 atom stereocenters. The zero-order valence-electron chi connectivity index (χ0n) is 29.0. The van der Waals surface area contributed by atoms with E-state index in [4.69, 9.17) is 43.0 Å².